The van der Waals surface area contributed by atoms with Crippen LogP contribution in [0.3, 0.4) is 0 Å². The number of pyridine rings is 2. The molecule has 5 aromatic rings. The van der Waals surface area contributed by atoms with Crippen LogP contribution >= 0.6 is 63.7 Å². The summed E-state index contributed by atoms with van der Waals surface area (Å²) in [6, 6.07) is 10.9. The predicted octanol–water partition coefficient (Wildman–Crippen LogP) is 6.73. The Morgan fingerprint density at radius 3 is 1.32 bits per heavy atom. The van der Waals surface area contributed by atoms with E-state index in [0.29, 0.717) is 52.6 Å². The van der Waals surface area contributed by atoms with E-state index in [1.807, 2.05) is 24.3 Å². The molecular formula is C20H8Br4N2O2. The van der Waals surface area contributed by atoms with Crippen LogP contribution in [0.1, 0.15) is 0 Å². The van der Waals surface area contributed by atoms with Gasteiger partial charge in [0.1, 0.15) is 0 Å². The van der Waals surface area contributed by atoms with E-state index in [1.54, 1.807) is 12.1 Å². The molecule has 2 aromatic heterocycles. The fraction of sp³-hybridized carbons (Fsp3) is 0. The lowest BCUT2D eigenvalue weighted by Crippen LogP contribution is -2.09. The average Bonchev–Trinajstić information content (AvgIpc) is 2.60. The minimum absolute atomic E-state index is 0.0959. The Hall–Kier alpha value is -1.48. The molecule has 2 N–H and O–H groups in total. The van der Waals surface area contributed by atoms with Crippen LogP contribution in [0, 0.1) is 0 Å². The van der Waals surface area contributed by atoms with Crippen LogP contribution in [-0.4, -0.2) is 9.97 Å². The maximum Gasteiger partial charge on any atom is 0.198 e. The van der Waals surface area contributed by atoms with E-state index in [4.69, 9.17) is 0 Å². The second kappa shape index (κ2) is 6.52. The third kappa shape index (κ3) is 2.73. The van der Waals surface area contributed by atoms with Gasteiger partial charge in [0.2, 0.25) is 0 Å². The van der Waals surface area contributed by atoms with Gasteiger partial charge in [0.05, 0.1) is 32.8 Å². The van der Waals surface area contributed by atoms with Gasteiger partial charge in [0, 0.05) is 28.7 Å². The summed E-state index contributed by atoms with van der Waals surface area (Å²) in [6.07, 6.45) is 0. The van der Waals surface area contributed by atoms with Gasteiger partial charge in [-0.25, -0.2) is 0 Å². The van der Waals surface area contributed by atoms with Crippen molar-refractivity contribution >= 4 is 107 Å². The van der Waals surface area contributed by atoms with Gasteiger partial charge in [-0.1, -0.05) is 31.9 Å². The topological polar surface area (TPSA) is 65.7 Å². The lowest BCUT2D eigenvalue weighted by atomic mass is 10.1. The molecular weight excluding hydrogens is 620 g/mol. The molecule has 5 rings (SSSR count). The monoisotopic (exact) mass is 624 g/mol. The first-order valence-corrected chi connectivity index (χ1v) is 11.3. The molecule has 0 aliphatic rings. The number of fused-ring (bicyclic) bond motifs is 4. The molecule has 0 bridgehead atoms. The molecule has 0 unspecified atom stereocenters. The molecule has 0 aliphatic carbocycles. The van der Waals surface area contributed by atoms with E-state index in [9.17, 15) is 9.59 Å². The number of benzene rings is 3. The van der Waals surface area contributed by atoms with Crippen LogP contribution in [-0.2, 0) is 0 Å². The number of hydrogen-bond acceptors (Lipinski definition) is 2. The summed E-state index contributed by atoms with van der Waals surface area (Å²) in [5, 5.41) is 2.19. The van der Waals surface area contributed by atoms with E-state index >= 15 is 0 Å². The third-order valence-electron chi connectivity index (χ3n) is 4.75. The summed E-state index contributed by atoms with van der Waals surface area (Å²) in [5.74, 6) is 0. The minimum Gasteiger partial charge on any atom is -0.354 e. The molecule has 0 spiro atoms. The number of aromatic nitrogens is 2. The first kappa shape index (κ1) is 18.5. The zero-order chi connectivity index (χ0) is 19.7. The van der Waals surface area contributed by atoms with E-state index < -0.39 is 0 Å². The molecule has 4 nitrogen and oxygen atoms in total. The molecule has 2 heterocycles. The molecule has 0 saturated heterocycles. The van der Waals surface area contributed by atoms with Crippen molar-refractivity contribution in [2.24, 2.45) is 0 Å². The second-order valence-corrected chi connectivity index (χ2v) is 10.0. The Balaban J connectivity index is 2.02. The van der Waals surface area contributed by atoms with Crippen molar-refractivity contribution in [3.63, 3.8) is 0 Å². The van der Waals surface area contributed by atoms with Gasteiger partial charge in [-0.3, -0.25) is 9.59 Å². The van der Waals surface area contributed by atoms with E-state index in [1.165, 1.54) is 0 Å². The fourth-order valence-corrected chi connectivity index (χ4v) is 6.36. The largest absolute Gasteiger partial charge is 0.354 e. The van der Waals surface area contributed by atoms with Gasteiger partial charge < -0.3 is 9.97 Å². The summed E-state index contributed by atoms with van der Waals surface area (Å²) < 4.78 is 3.11. The van der Waals surface area contributed by atoms with Crippen LogP contribution in [0.4, 0.5) is 0 Å². The normalized spacial score (nSPS) is 11.9. The molecule has 0 atom stereocenters. The number of hydrogen-bond donors (Lipinski definition) is 2. The second-order valence-electron chi connectivity index (χ2n) is 6.47. The number of nitrogens with one attached hydrogen (secondary N) is 2. The van der Waals surface area contributed by atoms with Crippen molar-refractivity contribution in [1.82, 2.24) is 9.97 Å². The highest BCUT2D eigenvalue weighted by Crippen LogP contribution is 2.30. The lowest BCUT2D eigenvalue weighted by Gasteiger charge is -2.09. The zero-order valence-corrected chi connectivity index (χ0v) is 20.1. The van der Waals surface area contributed by atoms with Crippen LogP contribution in [0.2, 0.25) is 0 Å². The molecule has 0 fully saturated rings. The smallest absolute Gasteiger partial charge is 0.198 e. The lowest BCUT2D eigenvalue weighted by molar-refractivity contribution is 1.44. The van der Waals surface area contributed by atoms with Crippen molar-refractivity contribution in [2.45, 2.75) is 0 Å². The SMILES string of the molecule is O=c1c2cc3[nH]c4cc(Br)cc(Br)c4c(=O)c3cc2[nH]c2cc(Br)cc(Br)c12. The van der Waals surface area contributed by atoms with Gasteiger partial charge in [0.25, 0.3) is 0 Å². The summed E-state index contributed by atoms with van der Waals surface area (Å²) in [4.78, 5) is 32.9. The van der Waals surface area contributed by atoms with Crippen molar-refractivity contribution in [2.75, 3.05) is 0 Å². The van der Waals surface area contributed by atoms with Gasteiger partial charge in [-0.2, -0.15) is 0 Å². The molecule has 0 aliphatic heterocycles. The Bertz CT molecular complexity index is 1480. The number of H-pyrrole nitrogens is 2. The van der Waals surface area contributed by atoms with E-state index in [0.717, 1.165) is 8.95 Å². The Morgan fingerprint density at radius 2 is 0.929 bits per heavy atom. The Morgan fingerprint density at radius 1 is 0.536 bits per heavy atom. The number of rotatable bonds is 0. The van der Waals surface area contributed by atoms with Gasteiger partial charge in [-0.05, 0) is 68.3 Å². The molecule has 3 aromatic carbocycles. The van der Waals surface area contributed by atoms with Crippen molar-refractivity contribution in [1.29, 1.82) is 0 Å². The van der Waals surface area contributed by atoms with Crippen molar-refractivity contribution in [3.8, 4) is 0 Å². The van der Waals surface area contributed by atoms with Gasteiger partial charge in [-0.15, -0.1) is 0 Å². The highest BCUT2D eigenvalue weighted by molar-refractivity contribution is 9.11. The first-order chi connectivity index (χ1) is 13.3. The summed E-state index contributed by atoms with van der Waals surface area (Å²) >= 11 is 13.8. The maximum atomic E-state index is 13.1. The van der Waals surface area contributed by atoms with Crippen LogP contribution < -0.4 is 10.9 Å². The molecule has 0 saturated carbocycles. The van der Waals surface area contributed by atoms with Crippen molar-refractivity contribution < 1.29 is 0 Å². The molecule has 138 valence electrons. The van der Waals surface area contributed by atoms with Crippen LogP contribution in [0.15, 0.2) is 63.9 Å². The highest BCUT2D eigenvalue weighted by atomic mass is 79.9. The Labute approximate surface area is 190 Å². The highest BCUT2D eigenvalue weighted by Gasteiger charge is 2.14. The fourth-order valence-electron chi connectivity index (χ4n) is 3.55. The van der Waals surface area contributed by atoms with E-state index in [-0.39, 0.29) is 10.9 Å². The van der Waals surface area contributed by atoms with E-state index in [2.05, 4.69) is 73.7 Å². The Kier molecular flexibility index (Phi) is 4.32. The zero-order valence-electron chi connectivity index (χ0n) is 13.8. The number of halogens is 4. The summed E-state index contributed by atoms with van der Waals surface area (Å²) in [7, 11) is 0. The van der Waals surface area contributed by atoms with Crippen LogP contribution in [0.25, 0.3) is 43.6 Å². The molecule has 0 amide bonds. The average molecular weight is 628 g/mol. The summed E-state index contributed by atoms with van der Waals surface area (Å²) in [5.41, 5.74) is 2.44. The predicted molar refractivity (Wildman–Crippen MR) is 129 cm³/mol. The standard InChI is InChI=1S/C20H8Br4N2O2/c21-7-1-11(23)17-15(3-7)25-13-6-10-14(5-9(13)19(17)27)26-16-4-8(22)2-12(24)18(16)20(10)28/h1-6H,(H,25,27)(H,26,28). The number of aromatic amines is 2. The van der Waals surface area contributed by atoms with Crippen molar-refractivity contribution in [3.05, 3.63) is 74.7 Å². The molecule has 0 radical (unpaired) electrons. The van der Waals surface area contributed by atoms with Gasteiger partial charge in [0.15, 0.2) is 10.9 Å². The third-order valence-corrected chi connectivity index (χ3v) is 6.92. The summed E-state index contributed by atoms with van der Waals surface area (Å²) in [6.45, 7) is 0. The van der Waals surface area contributed by atoms with Gasteiger partial charge >= 0.3 is 0 Å². The quantitative estimate of drug-likeness (QED) is 0.187. The minimum atomic E-state index is -0.0959. The first-order valence-electron chi connectivity index (χ1n) is 8.13. The molecule has 8 heteroatoms. The maximum absolute atomic E-state index is 13.1. The molecule has 28 heavy (non-hydrogen) atoms. The van der Waals surface area contributed by atoms with Crippen LogP contribution in [0.5, 0.6) is 0 Å².